The molecule has 0 N–H and O–H groups in total. The Kier molecular flexibility index (Phi) is 5.00. The van der Waals surface area contributed by atoms with Gasteiger partial charge in [-0.2, -0.15) is 0 Å². The number of carbonyl (C=O) groups is 1. The third-order valence-corrected chi connectivity index (χ3v) is 3.58. The van der Waals surface area contributed by atoms with Crippen LogP contribution < -0.4 is 0 Å². The van der Waals surface area contributed by atoms with Crippen LogP contribution in [0.3, 0.4) is 0 Å². The average Bonchev–Trinajstić information content (AvgIpc) is 2.48. The normalized spacial score (nSPS) is 15.3. The first kappa shape index (κ1) is 14.1. The molecule has 1 heterocycles. The van der Waals surface area contributed by atoms with Crippen LogP contribution in [0.5, 0.6) is 0 Å². The zero-order valence-corrected chi connectivity index (χ0v) is 11.8. The summed E-state index contributed by atoms with van der Waals surface area (Å²) in [6.07, 6.45) is 2.97. The van der Waals surface area contributed by atoms with Crippen molar-refractivity contribution in [2.75, 3.05) is 26.8 Å². The topological polar surface area (TPSA) is 29.5 Å². The lowest BCUT2D eigenvalue weighted by Gasteiger charge is -2.26. The maximum absolute atomic E-state index is 12.3. The Hall–Kier alpha value is -1.32. The molecule has 3 nitrogen and oxygen atoms in total. The van der Waals surface area contributed by atoms with Crippen molar-refractivity contribution in [3.8, 4) is 0 Å². The minimum Gasteiger partial charge on any atom is -0.380 e. The second-order valence-electron chi connectivity index (χ2n) is 4.63. The van der Waals surface area contributed by atoms with Gasteiger partial charge < -0.3 is 9.64 Å². The molecule has 0 radical (unpaired) electrons. The first-order chi connectivity index (χ1) is 9.24. The van der Waals surface area contributed by atoms with Crippen LogP contribution in [-0.4, -0.2) is 37.6 Å². The molecule has 0 saturated carbocycles. The van der Waals surface area contributed by atoms with E-state index >= 15 is 0 Å². The molecule has 1 aromatic rings. The van der Waals surface area contributed by atoms with E-state index in [1.54, 1.807) is 7.11 Å². The Morgan fingerprint density at radius 2 is 2.11 bits per heavy atom. The first-order valence-electron chi connectivity index (χ1n) is 6.35. The van der Waals surface area contributed by atoms with Crippen LogP contribution in [0.25, 0.3) is 0 Å². The molecule has 2 rings (SSSR count). The summed E-state index contributed by atoms with van der Waals surface area (Å²) in [6, 6.07) is 7.48. The summed E-state index contributed by atoms with van der Waals surface area (Å²) in [5.41, 5.74) is 3.01. The van der Waals surface area contributed by atoms with Crippen molar-refractivity contribution in [2.45, 2.75) is 12.3 Å². The van der Waals surface area contributed by atoms with Crippen LogP contribution in [0.1, 0.15) is 22.3 Å². The van der Waals surface area contributed by atoms with Gasteiger partial charge in [0.15, 0.2) is 0 Å². The summed E-state index contributed by atoms with van der Waals surface area (Å²) in [4.78, 5) is 14.2. The fourth-order valence-corrected chi connectivity index (χ4v) is 2.31. The highest BCUT2D eigenvalue weighted by Crippen LogP contribution is 2.15. The average molecular weight is 280 g/mol. The fourth-order valence-electron chi connectivity index (χ4n) is 2.13. The molecule has 1 aromatic carbocycles. The number of halogens is 1. The number of hydrogen-bond acceptors (Lipinski definition) is 2. The molecule has 0 aliphatic carbocycles. The van der Waals surface area contributed by atoms with Crippen LogP contribution >= 0.6 is 11.6 Å². The highest BCUT2D eigenvalue weighted by atomic mass is 35.5. The zero-order chi connectivity index (χ0) is 13.7. The minimum absolute atomic E-state index is 0.0776. The van der Waals surface area contributed by atoms with Crippen molar-refractivity contribution in [1.82, 2.24) is 4.90 Å². The summed E-state index contributed by atoms with van der Waals surface area (Å²) < 4.78 is 5.10. The number of carbonyl (C=O) groups excluding carboxylic acids is 1. The standard InChI is InChI=1S/C15H18ClNO2/c1-19-11-13-6-8-17(9-7-13)15(18)14-4-2-12(10-16)3-5-14/h2-6H,7-11H2,1H3. The van der Waals surface area contributed by atoms with Gasteiger partial charge in [-0.25, -0.2) is 0 Å². The van der Waals surface area contributed by atoms with Gasteiger partial charge in [0.25, 0.3) is 5.91 Å². The Morgan fingerprint density at radius 1 is 1.37 bits per heavy atom. The Labute approximate surface area is 118 Å². The quantitative estimate of drug-likeness (QED) is 0.627. The van der Waals surface area contributed by atoms with Gasteiger partial charge in [0, 0.05) is 31.6 Å². The molecular formula is C15H18ClNO2. The second-order valence-corrected chi connectivity index (χ2v) is 4.89. The molecule has 4 heteroatoms. The van der Waals surface area contributed by atoms with E-state index in [1.165, 1.54) is 5.57 Å². The van der Waals surface area contributed by atoms with Crippen LogP contribution in [0.15, 0.2) is 35.9 Å². The van der Waals surface area contributed by atoms with Crippen molar-refractivity contribution in [3.63, 3.8) is 0 Å². The summed E-state index contributed by atoms with van der Waals surface area (Å²) in [7, 11) is 1.69. The molecule has 0 unspecified atom stereocenters. The Balaban J connectivity index is 2.00. The predicted molar refractivity (Wildman–Crippen MR) is 76.5 cm³/mol. The van der Waals surface area contributed by atoms with Crippen LogP contribution in [0, 0.1) is 0 Å². The minimum atomic E-state index is 0.0776. The number of ether oxygens (including phenoxy) is 1. The maximum Gasteiger partial charge on any atom is 0.254 e. The van der Waals surface area contributed by atoms with Crippen molar-refractivity contribution >= 4 is 17.5 Å². The third kappa shape index (κ3) is 3.58. The van der Waals surface area contributed by atoms with E-state index in [-0.39, 0.29) is 5.91 Å². The smallest absolute Gasteiger partial charge is 0.254 e. The van der Waals surface area contributed by atoms with Crippen LogP contribution in [-0.2, 0) is 10.6 Å². The number of alkyl halides is 1. The number of rotatable bonds is 4. The molecule has 0 saturated heterocycles. The molecule has 1 aliphatic rings. The van der Waals surface area contributed by atoms with Crippen molar-refractivity contribution in [1.29, 1.82) is 0 Å². The lowest BCUT2D eigenvalue weighted by molar-refractivity contribution is 0.0765. The largest absolute Gasteiger partial charge is 0.380 e. The third-order valence-electron chi connectivity index (χ3n) is 3.28. The Morgan fingerprint density at radius 3 is 2.63 bits per heavy atom. The monoisotopic (exact) mass is 279 g/mol. The molecule has 0 atom stereocenters. The number of amides is 1. The molecule has 0 aromatic heterocycles. The van der Waals surface area contributed by atoms with Gasteiger partial charge >= 0.3 is 0 Å². The molecule has 1 aliphatic heterocycles. The summed E-state index contributed by atoms with van der Waals surface area (Å²) >= 11 is 5.74. The summed E-state index contributed by atoms with van der Waals surface area (Å²) in [5, 5.41) is 0. The highest BCUT2D eigenvalue weighted by molar-refractivity contribution is 6.17. The van der Waals surface area contributed by atoms with E-state index in [1.807, 2.05) is 29.2 Å². The number of methoxy groups -OCH3 is 1. The zero-order valence-electron chi connectivity index (χ0n) is 11.1. The SMILES string of the molecule is COCC1=CCN(C(=O)c2ccc(CCl)cc2)CC1. The van der Waals surface area contributed by atoms with Gasteiger partial charge in [-0.1, -0.05) is 18.2 Å². The maximum atomic E-state index is 12.3. The molecule has 19 heavy (non-hydrogen) atoms. The summed E-state index contributed by atoms with van der Waals surface area (Å²) in [6.45, 7) is 2.08. The molecule has 0 spiro atoms. The van der Waals surface area contributed by atoms with Crippen molar-refractivity contribution in [2.24, 2.45) is 0 Å². The van der Waals surface area contributed by atoms with Gasteiger partial charge in [0.05, 0.1) is 6.61 Å². The van der Waals surface area contributed by atoms with Crippen LogP contribution in [0.2, 0.25) is 0 Å². The van der Waals surface area contributed by atoms with Crippen molar-refractivity contribution in [3.05, 3.63) is 47.0 Å². The van der Waals surface area contributed by atoms with Gasteiger partial charge in [-0.05, 0) is 29.7 Å². The van der Waals surface area contributed by atoms with E-state index < -0.39 is 0 Å². The fraction of sp³-hybridized carbons (Fsp3) is 0.400. The highest BCUT2D eigenvalue weighted by Gasteiger charge is 2.18. The van der Waals surface area contributed by atoms with Crippen molar-refractivity contribution < 1.29 is 9.53 Å². The van der Waals surface area contributed by atoms with Crippen LogP contribution in [0.4, 0.5) is 0 Å². The van der Waals surface area contributed by atoms with E-state index in [0.717, 1.165) is 24.1 Å². The van der Waals surface area contributed by atoms with Gasteiger partial charge in [-0.3, -0.25) is 4.79 Å². The Bertz CT molecular complexity index is 468. The number of nitrogens with zero attached hydrogens (tertiary/aromatic N) is 1. The van der Waals surface area contributed by atoms with Gasteiger partial charge in [0.1, 0.15) is 0 Å². The van der Waals surface area contributed by atoms with E-state index in [4.69, 9.17) is 16.3 Å². The predicted octanol–water partition coefficient (Wildman–Crippen LogP) is 2.84. The van der Waals surface area contributed by atoms with E-state index in [0.29, 0.717) is 19.0 Å². The number of hydrogen-bond donors (Lipinski definition) is 0. The van der Waals surface area contributed by atoms with Gasteiger partial charge in [0.2, 0.25) is 0 Å². The van der Waals surface area contributed by atoms with Gasteiger partial charge in [-0.15, -0.1) is 11.6 Å². The lowest BCUT2D eigenvalue weighted by Crippen LogP contribution is -2.35. The number of benzene rings is 1. The molecule has 1 amide bonds. The second kappa shape index (κ2) is 6.73. The molecule has 0 bridgehead atoms. The summed E-state index contributed by atoms with van der Waals surface area (Å²) in [5.74, 6) is 0.551. The van der Waals surface area contributed by atoms with E-state index in [9.17, 15) is 4.79 Å². The molecule has 102 valence electrons. The van der Waals surface area contributed by atoms with E-state index in [2.05, 4.69) is 6.08 Å². The molecule has 0 fully saturated rings. The molecular weight excluding hydrogens is 262 g/mol. The first-order valence-corrected chi connectivity index (χ1v) is 6.89. The lowest BCUT2D eigenvalue weighted by atomic mass is 10.1.